The van der Waals surface area contributed by atoms with Crippen molar-refractivity contribution in [1.82, 2.24) is 0 Å². The molecule has 0 unspecified atom stereocenters. The van der Waals surface area contributed by atoms with E-state index in [9.17, 15) is 31.4 Å². The fourth-order valence-corrected chi connectivity index (χ4v) is 2.18. The van der Waals surface area contributed by atoms with Gasteiger partial charge in [0.2, 0.25) is 0 Å². The molecule has 2 atom stereocenters. The van der Waals surface area contributed by atoms with E-state index in [1.165, 1.54) is 0 Å². The van der Waals surface area contributed by atoms with Crippen LogP contribution in [0, 0.1) is 5.92 Å². The molecule has 0 radical (unpaired) electrons. The molecule has 0 saturated heterocycles. The van der Waals surface area contributed by atoms with Gasteiger partial charge in [-0.15, -0.1) is 0 Å². The van der Waals surface area contributed by atoms with Crippen molar-refractivity contribution in [3.8, 4) is 0 Å². The minimum Gasteiger partial charge on any atom is -0.391 e. The summed E-state index contributed by atoms with van der Waals surface area (Å²) in [6, 6.07) is -0.0859. The lowest BCUT2D eigenvalue weighted by molar-refractivity contribution is -0.143. The highest BCUT2D eigenvalue weighted by Gasteiger charge is 2.42. The van der Waals surface area contributed by atoms with Gasteiger partial charge in [0.15, 0.2) is 0 Å². The van der Waals surface area contributed by atoms with Gasteiger partial charge in [0, 0.05) is 0 Å². The molecule has 0 amide bonds. The topological polar surface area (TPSA) is 46.2 Å². The molecule has 0 heterocycles. The Kier molecular flexibility index (Phi) is 3.96. The van der Waals surface area contributed by atoms with Crippen molar-refractivity contribution in [3.63, 3.8) is 0 Å². The second-order valence-electron chi connectivity index (χ2n) is 5.15. The maximum Gasteiger partial charge on any atom is 0.416 e. The summed E-state index contributed by atoms with van der Waals surface area (Å²) in [5.74, 6) is -0.191. The third-order valence-electron chi connectivity index (χ3n) is 3.52. The number of nitrogens with two attached hydrogens (primary N) is 1. The summed E-state index contributed by atoms with van der Waals surface area (Å²) < 4.78 is 76.5. The van der Waals surface area contributed by atoms with Gasteiger partial charge in [-0.3, -0.25) is 0 Å². The molecule has 2 rings (SSSR count). The first-order valence-corrected chi connectivity index (χ1v) is 6.24. The average Bonchev–Trinajstić information content (AvgIpc) is 3.18. The van der Waals surface area contributed by atoms with E-state index in [2.05, 4.69) is 0 Å². The molecular weight excluding hydrogens is 300 g/mol. The molecule has 118 valence electrons. The van der Waals surface area contributed by atoms with Crippen LogP contribution in [0.4, 0.5) is 26.3 Å². The van der Waals surface area contributed by atoms with Gasteiger partial charge in [-0.1, -0.05) is 6.07 Å². The molecule has 3 N–H and O–H groups in total. The first-order valence-electron chi connectivity index (χ1n) is 6.24. The number of halogens is 6. The first-order chi connectivity index (χ1) is 9.51. The van der Waals surface area contributed by atoms with Crippen molar-refractivity contribution in [2.24, 2.45) is 11.7 Å². The average molecular weight is 313 g/mol. The van der Waals surface area contributed by atoms with Gasteiger partial charge in [0.25, 0.3) is 0 Å². The highest BCUT2D eigenvalue weighted by molar-refractivity contribution is 5.38. The molecule has 0 aliphatic heterocycles. The lowest BCUT2D eigenvalue weighted by atomic mass is 9.93. The van der Waals surface area contributed by atoms with Crippen LogP contribution in [-0.2, 0) is 12.4 Å². The Morgan fingerprint density at radius 1 is 1.05 bits per heavy atom. The van der Waals surface area contributed by atoms with Crippen LogP contribution in [0.2, 0.25) is 0 Å². The third kappa shape index (κ3) is 3.49. The number of aliphatic hydroxyl groups excluding tert-OH is 1. The molecule has 1 aliphatic carbocycles. The second kappa shape index (κ2) is 5.17. The molecule has 1 aliphatic rings. The van der Waals surface area contributed by atoms with Crippen LogP contribution in [0.3, 0.4) is 0 Å². The SMILES string of the molecule is N[C@H](c1ccc(C(F)(F)F)cc1C(F)(F)F)[C@@H](O)C1CC1. The van der Waals surface area contributed by atoms with Crippen LogP contribution in [0.1, 0.15) is 35.6 Å². The predicted molar refractivity (Wildman–Crippen MR) is 62.1 cm³/mol. The van der Waals surface area contributed by atoms with Crippen molar-refractivity contribution in [2.75, 3.05) is 0 Å². The molecule has 0 aromatic heterocycles. The minimum atomic E-state index is -4.97. The van der Waals surface area contributed by atoms with Crippen molar-refractivity contribution in [1.29, 1.82) is 0 Å². The maximum absolute atomic E-state index is 13.0. The molecule has 1 aromatic carbocycles. The fraction of sp³-hybridized carbons (Fsp3) is 0.538. The van der Waals surface area contributed by atoms with Gasteiger partial charge in [0.05, 0.1) is 23.3 Å². The van der Waals surface area contributed by atoms with Crippen LogP contribution in [0.5, 0.6) is 0 Å². The molecular formula is C13H13F6NO. The Labute approximate surface area is 116 Å². The normalized spacial score (nSPS) is 19.4. The highest BCUT2D eigenvalue weighted by atomic mass is 19.4. The summed E-state index contributed by atoms with van der Waals surface area (Å²) >= 11 is 0. The molecule has 21 heavy (non-hydrogen) atoms. The molecule has 1 fully saturated rings. The van der Waals surface area contributed by atoms with Crippen molar-refractivity contribution in [2.45, 2.75) is 37.3 Å². The van der Waals surface area contributed by atoms with E-state index in [0.717, 1.165) is 0 Å². The molecule has 0 spiro atoms. The smallest absolute Gasteiger partial charge is 0.391 e. The van der Waals surface area contributed by atoms with E-state index in [1.807, 2.05) is 0 Å². The van der Waals surface area contributed by atoms with Crippen molar-refractivity contribution < 1.29 is 31.4 Å². The lowest BCUT2D eigenvalue weighted by Gasteiger charge is -2.23. The lowest BCUT2D eigenvalue weighted by Crippen LogP contribution is -2.30. The fourth-order valence-electron chi connectivity index (χ4n) is 2.18. The van der Waals surface area contributed by atoms with E-state index in [-0.39, 0.29) is 12.0 Å². The Morgan fingerprint density at radius 2 is 1.62 bits per heavy atom. The Morgan fingerprint density at radius 3 is 2.05 bits per heavy atom. The monoisotopic (exact) mass is 313 g/mol. The van der Waals surface area contributed by atoms with Gasteiger partial charge in [-0.25, -0.2) is 0 Å². The number of alkyl halides is 6. The highest BCUT2D eigenvalue weighted by Crippen LogP contribution is 2.42. The maximum atomic E-state index is 13.0. The number of hydrogen-bond acceptors (Lipinski definition) is 2. The van der Waals surface area contributed by atoms with E-state index in [4.69, 9.17) is 5.73 Å². The number of aliphatic hydroxyl groups is 1. The van der Waals surface area contributed by atoms with Crippen LogP contribution in [0.25, 0.3) is 0 Å². The largest absolute Gasteiger partial charge is 0.416 e. The van der Waals surface area contributed by atoms with E-state index < -0.39 is 41.2 Å². The molecule has 1 saturated carbocycles. The Bertz CT molecular complexity index is 520. The zero-order valence-electron chi connectivity index (χ0n) is 10.7. The number of rotatable bonds is 3. The van der Waals surface area contributed by atoms with Crippen LogP contribution in [-0.4, -0.2) is 11.2 Å². The Balaban J connectivity index is 2.45. The van der Waals surface area contributed by atoms with Gasteiger partial charge in [-0.05, 0) is 36.5 Å². The molecule has 1 aromatic rings. The minimum absolute atomic E-state index is 0.0365. The van der Waals surface area contributed by atoms with Crippen LogP contribution >= 0.6 is 0 Å². The molecule has 0 bridgehead atoms. The summed E-state index contributed by atoms with van der Waals surface area (Å²) in [5.41, 5.74) is 2.24. The molecule has 2 nitrogen and oxygen atoms in total. The van der Waals surface area contributed by atoms with E-state index >= 15 is 0 Å². The first kappa shape index (κ1) is 16.1. The zero-order valence-corrected chi connectivity index (χ0v) is 10.7. The van der Waals surface area contributed by atoms with Crippen molar-refractivity contribution in [3.05, 3.63) is 34.9 Å². The van der Waals surface area contributed by atoms with Gasteiger partial charge in [-0.2, -0.15) is 26.3 Å². The van der Waals surface area contributed by atoms with Gasteiger partial charge >= 0.3 is 12.4 Å². The Hall–Kier alpha value is -1.28. The third-order valence-corrected chi connectivity index (χ3v) is 3.52. The number of hydrogen-bond donors (Lipinski definition) is 2. The quantitative estimate of drug-likeness (QED) is 0.839. The van der Waals surface area contributed by atoms with Crippen LogP contribution in [0.15, 0.2) is 18.2 Å². The summed E-state index contributed by atoms with van der Waals surface area (Å²) in [5, 5.41) is 9.82. The summed E-state index contributed by atoms with van der Waals surface area (Å²) in [6.07, 6.45) is -9.74. The van der Waals surface area contributed by atoms with Crippen molar-refractivity contribution >= 4 is 0 Å². The van der Waals surface area contributed by atoms with Gasteiger partial charge in [0.1, 0.15) is 0 Å². The van der Waals surface area contributed by atoms with E-state index in [1.54, 1.807) is 0 Å². The van der Waals surface area contributed by atoms with E-state index in [0.29, 0.717) is 25.0 Å². The summed E-state index contributed by atoms with van der Waals surface area (Å²) in [4.78, 5) is 0. The number of benzene rings is 1. The second-order valence-corrected chi connectivity index (χ2v) is 5.15. The summed E-state index contributed by atoms with van der Waals surface area (Å²) in [6.45, 7) is 0. The zero-order chi connectivity index (χ0) is 16.0. The van der Waals surface area contributed by atoms with Gasteiger partial charge < -0.3 is 10.8 Å². The standard InChI is InChI=1S/C13H13F6NO/c14-12(15,16)7-3-4-8(9(5-7)13(17,18)19)10(20)11(21)6-1-2-6/h3-6,10-11,21H,1-2,20H2/t10-,11+/m1/s1. The molecule has 8 heteroatoms. The predicted octanol–water partition coefficient (Wildman–Crippen LogP) is 3.49. The van der Waals surface area contributed by atoms with Crippen LogP contribution < -0.4 is 5.73 Å². The summed E-state index contributed by atoms with van der Waals surface area (Å²) in [7, 11) is 0.